The first kappa shape index (κ1) is 10.5. The van der Waals surface area contributed by atoms with Crippen LogP contribution in [0.15, 0.2) is 0 Å². The summed E-state index contributed by atoms with van der Waals surface area (Å²) in [6.45, 7) is 0. The first-order chi connectivity index (χ1) is 6.63. The molecule has 0 amide bonds. The zero-order chi connectivity index (χ0) is 10.1. The minimum absolute atomic E-state index is 1.18. The Morgan fingerprint density at radius 1 is 0.571 bits per heavy atom. The Morgan fingerprint density at radius 2 is 0.714 bits per heavy atom. The average Bonchev–Trinajstić information content (AvgIpc) is 1.98. The summed E-state index contributed by atoms with van der Waals surface area (Å²) in [5.74, 6) is 4.71. The molecule has 4 heteroatoms. The molecular weight excluding hydrogens is 220 g/mol. The van der Waals surface area contributed by atoms with Gasteiger partial charge in [-0.3, -0.25) is 0 Å². The van der Waals surface area contributed by atoms with Crippen LogP contribution in [0.5, 0.6) is 0 Å². The van der Waals surface area contributed by atoms with Crippen LogP contribution in [0.2, 0.25) is 0 Å². The van der Waals surface area contributed by atoms with Gasteiger partial charge in [-0.05, 0) is 62.2 Å². The topological polar surface area (TPSA) is 51.2 Å². The number of hydrogen-bond acceptors (Lipinski definition) is 3. The van der Waals surface area contributed by atoms with Crippen molar-refractivity contribution in [3.63, 3.8) is 0 Å². The molecule has 4 fully saturated rings. The van der Waals surface area contributed by atoms with Crippen LogP contribution in [0.4, 0.5) is 0 Å². The molecular formula is C10H16CrO3. The Labute approximate surface area is 87.9 Å². The third kappa shape index (κ3) is 2.49. The van der Waals surface area contributed by atoms with Crippen LogP contribution >= 0.6 is 0 Å². The van der Waals surface area contributed by atoms with Crippen molar-refractivity contribution in [2.75, 3.05) is 0 Å². The zero-order valence-corrected chi connectivity index (χ0v) is 9.46. The molecule has 4 aliphatic carbocycles. The second-order valence-electron chi connectivity index (χ2n) is 5.08. The van der Waals surface area contributed by atoms with Crippen LogP contribution in [0.3, 0.4) is 0 Å². The van der Waals surface area contributed by atoms with Gasteiger partial charge < -0.3 is 0 Å². The molecule has 0 aromatic carbocycles. The summed E-state index contributed by atoms with van der Waals surface area (Å²) in [6.07, 6.45) is 9.62. The third-order valence-electron chi connectivity index (χ3n) is 4.00. The van der Waals surface area contributed by atoms with Crippen LogP contribution in [-0.4, -0.2) is 0 Å². The molecule has 4 bridgehead atoms. The van der Waals surface area contributed by atoms with Crippen LogP contribution in [-0.2, 0) is 25.4 Å². The van der Waals surface area contributed by atoms with Crippen molar-refractivity contribution in [2.24, 2.45) is 23.7 Å². The van der Waals surface area contributed by atoms with Crippen molar-refractivity contribution in [3.8, 4) is 0 Å². The quantitative estimate of drug-likeness (QED) is 0.649. The molecule has 0 aromatic heterocycles. The van der Waals surface area contributed by atoms with Gasteiger partial charge in [-0.2, -0.15) is 0 Å². The monoisotopic (exact) mass is 236 g/mol. The molecule has 4 rings (SSSR count). The van der Waals surface area contributed by atoms with Crippen molar-refractivity contribution in [2.45, 2.75) is 38.5 Å². The van der Waals surface area contributed by atoms with E-state index in [4.69, 9.17) is 11.4 Å². The fraction of sp³-hybridized carbons (Fsp3) is 1.00. The second kappa shape index (κ2) is 4.20. The zero-order valence-electron chi connectivity index (χ0n) is 8.19. The van der Waals surface area contributed by atoms with Crippen LogP contribution < -0.4 is 0 Å². The van der Waals surface area contributed by atoms with Crippen molar-refractivity contribution in [3.05, 3.63) is 0 Å². The SMILES string of the molecule is C1C2CC3CC1CC(C2)C3.[O]=[Cr](=[O])=[O]. The van der Waals surface area contributed by atoms with Gasteiger partial charge in [0.05, 0.1) is 0 Å². The Morgan fingerprint density at radius 3 is 0.857 bits per heavy atom. The molecule has 3 nitrogen and oxygen atoms in total. The van der Waals surface area contributed by atoms with E-state index < -0.39 is 14.0 Å². The summed E-state index contributed by atoms with van der Waals surface area (Å²) >= 11 is -3.79. The van der Waals surface area contributed by atoms with Gasteiger partial charge in [0.15, 0.2) is 0 Å². The molecule has 0 atom stereocenters. The van der Waals surface area contributed by atoms with Gasteiger partial charge in [-0.1, -0.05) is 0 Å². The molecule has 4 aliphatic rings. The Hall–Kier alpha value is -0.0675. The van der Waals surface area contributed by atoms with E-state index in [1.54, 1.807) is 38.5 Å². The predicted octanol–water partition coefficient (Wildman–Crippen LogP) is 2.47. The number of rotatable bonds is 0. The van der Waals surface area contributed by atoms with E-state index in [2.05, 4.69) is 0 Å². The molecule has 0 unspecified atom stereocenters. The van der Waals surface area contributed by atoms with Crippen molar-refractivity contribution in [1.82, 2.24) is 0 Å². The molecule has 4 saturated carbocycles. The van der Waals surface area contributed by atoms with Gasteiger partial charge in [-0.15, -0.1) is 0 Å². The van der Waals surface area contributed by atoms with E-state index in [1.807, 2.05) is 0 Å². The molecule has 80 valence electrons. The normalized spacial score (nSPS) is 42.9. The summed E-state index contributed by atoms with van der Waals surface area (Å²) in [5, 5.41) is 0. The first-order valence-corrected chi connectivity index (χ1v) is 6.96. The van der Waals surface area contributed by atoms with E-state index >= 15 is 0 Å². The van der Waals surface area contributed by atoms with E-state index in [9.17, 15) is 0 Å². The van der Waals surface area contributed by atoms with Crippen LogP contribution in [0.1, 0.15) is 38.5 Å². The van der Waals surface area contributed by atoms with Gasteiger partial charge in [0.1, 0.15) is 0 Å². The molecule has 0 aromatic rings. The molecule has 0 radical (unpaired) electrons. The summed E-state index contributed by atoms with van der Waals surface area (Å²) in [6, 6.07) is 0. The summed E-state index contributed by atoms with van der Waals surface area (Å²) in [4.78, 5) is 0. The Balaban J connectivity index is 0.000000165. The number of hydrogen-bond donors (Lipinski definition) is 0. The van der Waals surface area contributed by atoms with Gasteiger partial charge >= 0.3 is 25.4 Å². The van der Waals surface area contributed by atoms with Crippen LogP contribution in [0.25, 0.3) is 0 Å². The molecule has 0 spiro atoms. The molecule has 0 N–H and O–H groups in total. The minimum atomic E-state index is -3.79. The van der Waals surface area contributed by atoms with E-state index in [0.29, 0.717) is 0 Å². The third-order valence-corrected chi connectivity index (χ3v) is 4.00. The van der Waals surface area contributed by atoms with Gasteiger partial charge in [-0.25, -0.2) is 0 Å². The van der Waals surface area contributed by atoms with E-state index in [-0.39, 0.29) is 0 Å². The first-order valence-electron chi connectivity index (χ1n) is 5.40. The van der Waals surface area contributed by atoms with E-state index in [1.165, 1.54) is 23.7 Å². The van der Waals surface area contributed by atoms with Gasteiger partial charge in [0, 0.05) is 0 Å². The van der Waals surface area contributed by atoms with Gasteiger partial charge in [0.2, 0.25) is 0 Å². The Kier molecular flexibility index (Phi) is 3.14. The molecule has 0 aliphatic heterocycles. The fourth-order valence-corrected chi connectivity index (χ4v) is 3.98. The predicted molar refractivity (Wildman–Crippen MR) is 43.7 cm³/mol. The van der Waals surface area contributed by atoms with Crippen molar-refractivity contribution < 1.29 is 25.4 Å². The Bertz CT molecular complexity index is 242. The molecule has 0 saturated heterocycles. The molecule has 14 heavy (non-hydrogen) atoms. The standard InChI is InChI=1S/C10H16.Cr.3O/c1-7-2-9-4-8(1)5-10(3-7)6-9;;;;/h7-10H,1-6H2;;;;. The van der Waals surface area contributed by atoms with Gasteiger partial charge in [0.25, 0.3) is 0 Å². The maximum absolute atomic E-state index is 8.54. The van der Waals surface area contributed by atoms with Crippen LogP contribution in [0, 0.1) is 23.7 Å². The maximum atomic E-state index is 8.54. The second-order valence-corrected chi connectivity index (χ2v) is 5.72. The summed E-state index contributed by atoms with van der Waals surface area (Å²) in [5.41, 5.74) is 0. The van der Waals surface area contributed by atoms with E-state index in [0.717, 1.165) is 0 Å². The average molecular weight is 236 g/mol. The van der Waals surface area contributed by atoms with Crippen molar-refractivity contribution >= 4 is 0 Å². The fourth-order valence-electron chi connectivity index (χ4n) is 3.98. The summed E-state index contributed by atoms with van der Waals surface area (Å²) in [7, 11) is 0. The summed E-state index contributed by atoms with van der Waals surface area (Å²) < 4.78 is 25.6. The van der Waals surface area contributed by atoms with Crippen molar-refractivity contribution in [1.29, 1.82) is 0 Å². The molecule has 0 heterocycles.